The Bertz CT molecular complexity index is 624. The van der Waals surface area contributed by atoms with Gasteiger partial charge in [-0.3, -0.25) is 4.79 Å². The molecular formula is C14H12N2O. The van der Waals surface area contributed by atoms with Crippen molar-refractivity contribution in [1.82, 2.24) is 4.98 Å². The van der Waals surface area contributed by atoms with Crippen LogP contribution in [0.2, 0.25) is 0 Å². The van der Waals surface area contributed by atoms with Crippen LogP contribution in [0.3, 0.4) is 0 Å². The molecular weight excluding hydrogens is 212 g/mol. The molecule has 2 aromatic rings. The molecule has 1 aromatic carbocycles. The number of hydrogen-bond acceptors (Lipinski definition) is 3. The number of hydrogen-bond donors (Lipinski definition) is 0. The summed E-state index contributed by atoms with van der Waals surface area (Å²) in [5, 5.41) is 9.59. The third kappa shape index (κ3) is 2.02. The molecule has 0 unspecified atom stereocenters. The van der Waals surface area contributed by atoms with E-state index in [1.807, 2.05) is 24.3 Å². The zero-order chi connectivity index (χ0) is 12.4. The molecule has 0 aliphatic rings. The van der Waals surface area contributed by atoms with Crippen molar-refractivity contribution in [2.75, 3.05) is 0 Å². The van der Waals surface area contributed by atoms with Crippen LogP contribution in [0.5, 0.6) is 0 Å². The minimum atomic E-state index is -0.592. The molecule has 0 aliphatic heterocycles. The van der Waals surface area contributed by atoms with Crippen molar-refractivity contribution < 1.29 is 4.79 Å². The number of ketones is 1. The number of rotatable bonds is 2. The predicted molar refractivity (Wildman–Crippen MR) is 65.8 cm³/mol. The van der Waals surface area contributed by atoms with Crippen LogP contribution in [0.1, 0.15) is 35.8 Å². The lowest BCUT2D eigenvalue weighted by Crippen LogP contribution is -2.00. The monoisotopic (exact) mass is 224 g/mol. The van der Waals surface area contributed by atoms with E-state index in [9.17, 15) is 4.79 Å². The van der Waals surface area contributed by atoms with Crippen LogP contribution in [-0.4, -0.2) is 10.8 Å². The van der Waals surface area contributed by atoms with Crippen LogP contribution in [0, 0.1) is 11.3 Å². The van der Waals surface area contributed by atoms with Gasteiger partial charge in [-0.1, -0.05) is 38.1 Å². The molecule has 0 saturated heterocycles. The average molecular weight is 224 g/mol. The highest BCUT2D eigenvalue weighted by atomic mass is 16.1. The van der Waals surface area contributed by atoms with Gasteiger partial charge >= 0.3 is 0 Å². The highest BCUT2D eigenvalue weighted by Crippen LogP contribution is 2.23. The summed E-state index contributed by atoms with van der Waals surface area (Å²) in [5.74, 6) is -0.260. The summed E-state index contributed by atoms with van der Waals surface area (Å²) in [6.45, 7) is 4.16. The lowest BCUT2D eigenvalue weighted by Gasteiger charge is -2.09. The van der Waals surface area contributed by atoms with Gasteiger partial charge in [0, 0.05) is 5.39 Å². The molecule has 0 bridgehead atoms. The molecule has 0 aliphatic carbocycles. The summed E-state index contributed by atoms with van der Waals surface area (Å²) in [4.78, 5) is 15.6. The number of para-hydroxylation sites is 1. The largest absolute Gasteiger partial charge is 0.280 e. The third-order valence-electron chi connectivity index (χ3n) is 2.71. The molecule has 0 amide bonds. The highest BCUT2D eigenvalue weighted by molar-refractivity contribution is 6.07. The Morgan fingerprint density at radius 1 is 1.29 bits per heavy atom. The molecule has 1 heterocycles. The standard InChI is InChI=1S/C14H12N2O/c1-9(2)11-5-3-4-10-6-7-12(13(17)8-15)16-14(10)11/h3-7,9H,1-2H3. The van der Waals surface area contributed by atoms with Crippen LogP contribution in [0.15, 0.2) is 30.3 Å². The summed E-state index contributed by atoms with van der Waals surface area (Å²) in [6.07, 6.45) is 0. The van der Waals surface area contributed by atoms with Crippen molar-refractivity contribution in [1.29, 1.82) is 5.26 Å². The predicted octanol–water partition coefficient (Wildman–Crippen LogP) is 3.06. The van der Waals surface area contributed by atoms with Gasteiger partial charge in [0.15, 0.2) is 0 Å². The Hall–Kier alpha value is -2.21. The van der Waals surface area contributed by atoms with Crippen LogP contribution < -0.4 is 0 Å². The lowest BCUT2D eigenvalue weighted by atomic mass is 9.99. The Balaban J connectivity index is 2.71. The smallest absolute Gasteiger partial charge is 0.275 e. The van der Waals surface area contributed by atoms with Crippen LogP contribution in [0.25, 0.3) is 10.9 Å². The summed E-state index contributed by atoms with van der Waals surface area (Å²) in [6, 6.07) is 11.0. The van der Waals surface area contributed by atoms with E-state index >= 15 is 0 Å². The first kappa shape index (κ1) is 11.3. The first-order valence-corrected chi connectivity index (χ1v) is 5.47. The van der Waals surface area contributed by atoms with Crippen molar-refractivity contribution in [3.05, 3.63) is 41.6 Å². The summed E-state index contributed by atoms with van der Waals surface area (Å²) >= 11 is 0. The molecule has 3 nitrogen and oxygen atoms in total. The van der Waals surface area contributed by atoms with E-state index in [1.54, 1.807) is 12.1 Å². The van der Waals surface area contributed by atoms with E-state index < -0.39 is 5.78 Å². The maximum absolute atomic E-state index is 11.3. The Morgan fingerprint density at radius 2 is 2.06 bits per heavy atom. The molecule has 0 N–H and O–H groups in total. The van der Waals surface area contributed by atoms with Crippen molar-refractivity contribution in [3.63, 3.8) is 0 Å². The lowest BCUT2D eigenvalue weighted by molar-refractivity contribution is 0.105. The Kier molecular flexibility index (Phi) is 2.88. The van der Waals surface area contributed by atoms with Gasteiger partial charge in [0.25, 0.3) is 5.78 Å². The number of aromatic nitrogens is 1. The second-order valence-corrected chi connectivity index (χ2v) is 4.21. The van der Waals surface area contributed by atoms with Crippen LogP contribution in [-0.2, 0) is 0 Å². The maximum atomic E-state index is 11.3. The van der Waals surface area contributed by atoms with Crippen molar-refractivity contribution in [2.24, 2.45) is 0 Å². The number of carbonyl (C=O) groups excluding carboxylic acids is 1. The SMILES string of the molecule is CC(C)c1cccc2ccc(C(=O)C#N)nc12. The number of Topliss-reactive ketones (excluding diaryl/α,β-unsaturated/α-hetero) is 1. The van der Waals surface area contributed by atoms with Gasteiger partial charge in [0.1, 0.15) is 11.8 Å². The van der Waals surface area contributed by atoms with Crippen molar-refractivity contribution in [2.45, 2.75) is 19.8 Å². The van der Waals surface area contributed by atoms with E-state index in [4.69, 9.17) is 5.26 Å². The number of nitriles is 1. The fourth-order valence-electron chi connectivity index (χ4n) is 1.82. The van der Waals surface area contributed by atoms with Gasteiger partial charge in [-0.05, 0) is 17.5 Å². The fraction of sp³-hybridized carbons (Fsp3) is 0.214. The normalized spacial score (nSPS) is 10.5. The Morgan fingerprint density at radius 3 is 2.71 bits per heavy atom. The summed E-state index contributed by atoms with van der Waals surface area (Å²) < 4.78 is 0. The first-order valence-electron chi connectivity index (χ1n) is 5.47. The van der Waals surface area contributed by atoms with Crippen LogP contribution in [0.4, 0.5) is 0 Å². The van der Waals surface area contributed by atoms with Crippen molar-refractivity contribution in [3.8, 4) is 6.07 Å². The molecule has 0 saturated carbocycles. The highest BCUT2D eigenvalue weighted by Gasteiger charge is 2.10. The third-order valence-corrected chi connectivity index (χ3v) is 2.71. The molecule has 3 heteroatoms. The van der Waals surface area contributed by atoms with Gasteiger partial charge in [0.05, 0.1) is 5.52 Å². The zero-order valence-corrected chi connectivity index (χ0v) is 9.77. The Labute approximate surface area is 99.7 Å². The van der Waals surface area contributed by atoms with E-state index in [1.165, 1.54) is 0 Å². The molecule has 2 rings (SSSR count). The number of pyridine rings is 1. The zero-order valence-electron chi connectivity index (χ0n) is 9.77. The van der Waals surface area contributed by atoms with E-state index in [0.717, 1.165) is 16.5 Å². The number of benzene rings is 1. The second-order valence-electron chi connectivity index (χ2n) is 4.21. The average Bonchev–Trinajstić information content (AvgIpc) is 2.36. The molecule has 0 radical (unpaired) electrons. The van der Waals surface area contributed by atoms with Gasteiger partial charge in [-0.25, -0.2) is 4.98 Å². The summed E-state index contributed by atoms with van der Waals surface area (Å²) in [7, 11) is 0. The molecule has 0 atom stereocenters. The topological polar surface area (TPSA) is 53.8 Å². The number of carbonyl (C=O) groups is 1. The van der Waals surface area contributed by atoms with Crippen LogP contribution >= 0.6 is 0 Å². The first-order chi connectivity index (χ1) is 8.13. The summed E-state index contributed by atoms with van der Waals surface area (Å²) in [5.41, 5.74) is 2.12. The van der Waals surface area contributed by atoms with Gasteiger partial charge < -0.3 is 0 Å². The quantitative estimate of drug-likeness (QED) is 0.582. The van der Waals surface area contributed by atoms with E-state index in [-0.39, 0.29) is 5.69 Å². The fourth-order valence-corrected chi connectivity index (χ4v) is 1.82. The maximum Gasteiger partial charge on any atom is 0.280 e. The number of fused-ring (bicyclic) bond motifs is 1. The molecule has 84 valence electrons. The minimum absolute atomic E-state index is 0.216. The van der Waals surface area contributed by atoms with Gasteiger partial charge in [0.2, 0.25) is 0 Å². The second kappa shape index (κ2) is 4.34. The van der Waals surface area contributed by atoms with Gasteiger partial charge in [-0.15, -0.1) is 0 Å². The van der Waals surface area contributed by atoms with Gasteiger partial charge in [-0.2, -0.15) is 5.26 Å². The van der Waals surface area contributed by atoms with Crippen molar-refractivity contribution >= 4 is 16.7 Å². The number of nitrogens with zero attached hydrogens (tertiary/aromatic N) is 2. The molecule has 0 fully saturated rings. The van der Waals surface area contributed by atoms with E-state index in [2.05, 4.69) is 18.8 Å². The molecule has 17 heavy (non-hydrogen) atoms. The molecule has 0 spiro atoms. The minimum Gasteiger partial charge on any atom is -0.275 e. The molecule has 1 aromatic heterocycles. The van der Waals surface area contributed by atoms with E-state index in [0.29, 0.717) is 5.92 Å².